The van der Waals surface area contributed by atoms with E-state index in [1.165, 1.54) is 6.07 Å². The second-order valence-electron chi connectivity index (χ2n) is 4.11. The van der Waals surface area contributed by atoms with E-state index < -0.39 is 0 Å². The largest absolute Gasteiger partial charge is 0.307 e. The first kappa shape index (κ1) is 13.0. The fourth-order valence-corrected chi connectivity index (χ4v) is 1.84. The van der Waals surface area contributed by atoms with Gasteiger partial charge < -0.3 is 5.32 Å². The van der Waals surface area contributed by atoms with E-state index >= 15 is 0 Å². The van der Waals surface area contributed by atoms with Crippen molar-refractivity contribution in [3.05, 3.63) is 64.2 Å². The van der Waals surface area contributed by atoms with E-state index in [4.69, 9.17) is 11.6 Å². The number of rotatable bonds is 4. The normalized spacial score (nSPS) is 10.6. The van der Waals surface area contributed by atoms with Crippen LogP contribution >= 0.6 is 11.6 Å². The number of aromatic nitrogens is 1. The molecular weight excluding hydrogens is 251 g/mol. The van der Waals surface area contributed by atoms with Gasteiger partial charge in [-0.2, -0.15) is 0 Å². The van der Waals surface area contributed by atoms with Crippen LogP contribution in [0.2, 0.25) is 5.02 Å². The molecule has 2 rings (SSSR count). The molecule has 1 aromatic carbocycles. The number of pyridine rings is 1. The SMILES string of the molecule is Cc1cccnc1CNCc1ccc(Cl)cc1F. The second-order valence-corrected chi connectivity index (χ2v) is 4.54. The number of nitrogens with zero attached hydrogens (tertiary/aromatic N) is 1. The van der Waals surface area contributed by atoms with Gasteiger partial charge in [-0.05, 0) is 30.7 Å². The molecule has 0 spiro atoms. The zero-order chi connectivity index (χ0) is 13.0. The van der Waals surface area contributed by atoms with Gasteiger partial charge in [-0.25, -0.2) is 4.39 Å². The Balaban J connectivity index is 1.95. The van der Waals surface area contributed by atoms with Gasteiger partial charge in [0.1, 0.15) is 5.82 Å². The number of halogens is 2. The molecule has 0 radical (unpaired) electrons. The molecule has 0 bridgehead atoms. The molecule has 0 saturated heterocycles. The molecule has 2 nitrogen and oxygen atoms in total. The van der Waals surface area contributed by atoms with Crippen LogP contribution < -0.4 is 5.32 Å². The van der Waals surface area contributed by atoms with Crippen molar-refractivity contribution in [2.45, 2.75) is 20.0 Å². The Morgan fingerprint density at radius 2 is 2.11 bits per heavy atom. The first-order chi connectivity index (χ1) is 8.66. The monoisotopic (exact) mass is 264 g/mol. The van der Waals surface area contributed by atoms with Crippen LogP contribution in [0, 0.1) is 12.7 Å². The molecule has 0 unspecified atom stereocenters. The van der Waals surface area contributed by atoms with Gasteiger partial charge in [0, 0.05) is 29.9 Å². The second kappa shape index (κ2) is 5.94. The lowest BCUT2D eigenvalue weighted by molar-refractivity contribution is 0.585. The van der Waals surface area contributed by atoms with Crippen molar-refractivity contribution in [3.63, 3.8) is 0 Å². The van der Waals surface area contributed by atoms with Gasteiger partial charge >= 0.3 is 0 Å². The quantitative estimate of drug-likeness (QED) is 0.915. The van der Waals surface area contributed by atoms with E-state index in [1.54, 1.807) is 18.3 Å². The summed E-state index contributed by atoms with van der Waals surface area (Å²) >= 11 is 5.70. The van der Waals surface area contributed by atoms with Gasteiger partial charge in [0.25, 0.3) is 0 Å². The van der Waals surface area contributed by atoms with Crippen LogP contribution in [0.15, 0.2) is 36.5 Å². The Morgan fingerprint density at radius 1 is 1.28 bits per heavy atom. The molecule has 18 heavy (non-hydrogen) atoms. The van der Waals surface area contributed by atoms with Crippen molar-refractivity contribution >= 4 is 11.6 Å². The summed E-state index contributed by atoms with van der Waals surface area (Å²) in [7, 11) is 0. The zero-order valence-corrected chi connectivity index (χ0v) is 10.8. The smallest absolute Gasteiger partial charge is 0.129 e. The lowest BCUT2D eigenvalue weighted by Gasteiger charge is -2.07. The number of hydrogen-bond acceptors (Lipinski definition) is 2. The zero-order valence-electron chi connectivity index (χ0n) is 10.1. The maximum absolute atomic E-state index is 13.5. The molecule has 1 N–H and O–H groups in total. The van der Waals surface area contributed by atoms with Crippen molar-refractivity contribution in [2.24, 2.45) is 0 Å². The molecule has 0 aliphatic rings. The van der Waals surface area contributed by atoms with E-state index in [-0.39, 0.29) is 5.82 Å². The molecular formula is C14H14ClFN2. The lowest BCUT2D eigenvalue weighted by Crippen LogP contribution is -2.15. The minimum atomic E-state index is -0.284. The van der Waals surface area contributed by atoms with Crippen LogP contribution in [0.25, 0.3) is 0 Å². The summed E-state index contributed by atoms with van der Waals surface area (Å²) in [5.41, 5.74) is 2.71. The Morgan fingerprint density at radius 3 is 2.83 bits per heavy atom. The van der Waals surface area contributed by atoms with Gasteiger partial charge in [-0.15, -0.1) is 0 Å². The van der Waals surface area contributed by atoms with Gasteiger partial charge in [0.2, 0.25) is 0 Å². The first-order valence-electron chi connectivity index (χ1n) is 5.72. The van der Waals surface area contributed by atoms with Crippen LogP contribution in [0.1, 0.15) is 16.8 Å². The highest BCUT2D eigenvalue weighted by molar-refractivity contribution is 6.30. The topological polar surface area (TPSA) is 24.9 Å². The van der Waals surface area contributed by atoms with Crippen molar-refractivity contribution < 1.29 is 4.39 Å². The van der Waals surface area contributed by atoms with E-state index in [1.807, 2.05) is 19.1 Å². The van der Waals surface area contributed by atoms with Gasteiger partial charge in [-0.1, -0.05) is 23.7 Å². The lowest BCUT2D eigenvalue weighted by atomic mass is 10.2. The summed E-state index contributed by atoms with van der Waals surface area (Å²) in [6.45, 7) is 3.08. The standard InChI is InChI=1S/C14H14ClFN2/c1-10-3-2-6-18-14(10)9-17-8-11-4-5-12(15)7-13(11)16/h2-7,17H,8-9H2,1H3. The number of hydrogen-bond donors (Lipinski definition) is 1. The van der Waals surface area contributed by atoms with E-state index in [9.17, 15) is 4.39 Å². The molecule has 1 heterocycles. The van der Waals surface area contributed by atoms with Gasteiger partial charge in [0.05, 0.1) is 5.69 Å². The minimum Gasteiger partial charge on any atom is -0.307 e. The molecule has 0 aliphatic heterocycles. The minimum absolute atomic E-state index is 0.284. The number of nitrogens with one attached hydrogen (secondary N) is 1. The third-order valence-corrected chi connectivity index (χ3v) is 2.98. The number of aryl methyl sites for hydroxylation is 1. The van der Waals surface area contributed by atoms with Crippen LogP contribution in [-0.2, 0) is 13.1 Å². The molecule has 94 valence electrons. The average molecular weight is 265 g/mol. The summed E-state index contributed by atoms with van der Waals surface area (Å²) < 4.78 is 13.5. The number of benzene rings is 1. The third kappa shape index (κ3) is 3.28. The van der Waals surface area contributed by atoms with Gasteiger partial charge in [0.15, 0.2) is 0 Å². The maximum atomic E-state index is 13.5. The molecule has 1 aromatic heterocycles. The van der Waals surface area contributed by atoms with Crippen LogP contribution in [-0.4, -0.2) is 4.98 Å². The molecule has 0 amide bonds. The van der Waals surface area contributed by atoms with Crippen molar-refractivity contribution in [1.29, 1.82) is 0 Å². The Labute approximate surface area is 111 Å². The fourth-order valence-electron chi connectivity index (χ4n) is 1.68. The first-order valence-corrected chi connectivity index (χ1v) is 6.10. The summed E-state index contributed by atoms with van der Waals surface area (Å²) in [4.78, 5) is 4.27. The highest BCUT2D eigenvalue weighted by atomic mass is 35.5. The fraction of sp³-hybridized carbons (Fsp3) is 0.214. The van der Waals surface area contributed by atoms with E-state index in [0.29, 0.717) is 23.7 Å². The van der Waals surface area contributed by atoms with Crippen molar-refractivity contribution in [2.75, 3.05) is 0 Å². The summed E-state index contributed by atoms with van der Waals surface area (Å²) in [5, 5.41) is 3.59. The Kier molecular flexibility index (Phi) is 4.28. The molecule has 0 fully saturated rings. The van der Waals surface area contributed by atoms with E-state index in [2.05, 4.69) is 10.3 Å². The van der Waals surface area contributed by atoms with Crippen LogP contribution in [0.4, 0.5) is 4.39 Å². The predicted molar refractivity (Wildman–Crippen MR) is 70.9 cm³/mol. The average Bonchev–Trinajstić information content (AvgIpc) is 2.34. The molecule has 0 aliphatic carbocycles. The molecule has 2 aromatic rings. The van der Waals surface area contributed by atoms with Crippen LogP contribution in [0.5, 0.6) is 0 Å². The highest BCUT2D eigenvalue weighted by Gasteiger charge is 2.03. The van der Waals surface area contributed by atoms with Crippen molar-refractivity contribution in [3.8, 4) is 0 Å². The van der Waals surface area contributed by atoms with Crippen molar-refractivity contribution in [1.82, 2.24) is 10.3 Å². The Bertz CT molecular complexity index is 543. The highest BCUT2D eigenvalue weighted by Crippen LogP contribution is 2.14. The molecule has 4 heteroatoms. The maximum Gasteiger partial charge on any atom is 0.129 e. The predicted octanol–water partition coefficient (Wildman–Crippen LogP) is 3.47. The van der Waals surface area contributed by atoms with Gasteiger partial charge in [-0.3, -0.25) is 4.98 Å². The molecule has 0 saturated carbocycles. The summed E-state index contributed by atoms with van der Waals surface area (Å²) in [6.07, 6.45) is 1.76. The summed E-state index contributed by atoms with van der Waals surface area (Å²) in [5.74, 6) is -0.284. The Hall–Kier alpha value is -1.45. The van der Waals surface area contributed by atoms with Crippen LogP contribution in [0.3, 0.4) is 0 Å². The van der Waals surface area contributed by atoms with E-state index in [0.717, 1.165) is 11.3 Å². The molecule has 0 atom stereocenters. The summed E-state index contributed by atoms with van der Waals surface area (Å²) in [6, 6.07) is 8.61. The third-order valence-electron chi connectivity index (χ3n) is 2.74.